The Morgan fingerprint density at radius 1 is 1.20 bits per heavy atom. The van der Waals surface area contributed by atoms with Crippen LogP contribution >= 0.6 is 11.6 Å². The van der Waals surface area contributed by atoms with E-state index >= 15 is 0 Å². The first-order valence-corrected chi connectivity index (χ1v) is 8.20. The Morgan fingerprint density at radius 2 is 1.90 bits per heavy atom. The molecular weight excluding hydrogens is 270 g/mol. The fourth-order valence-corrected chi connectivity index (χ4v) is 3.05. The van der Waals surface area contributed by atoms with Crippen LogP contribution in [0.1, 0.15) is 37.7 Å². The van der Waals surface area contributed by atoms with Gasteiger partial charge in [-0.3, -0.25) is 4.79 Å². The Hall–Kier alpha value is -1.02. The number of alkyl halides is 1. The number of rotatable bonds is 6. The molecule has 1 aliphatic heterocycles. The molecular formula is C17H24ClNO. The quantitative estimate of drug-likeness (QED) is 0.729. The monoisotopic (exact) mass is 293 g/mol. The van der Waals surface area contributed by atoms with Crippen LogP contribution in [0.5, 0.6) is 0 Å². The van der Waals surface area contributed by atoms with Crippen molar-refractivity contribution >= 4 is 17.5 Å². The van der Waals surface area contributed by atoms with Gasteiger partial charge < -0.3 is 4.90 Å². The number of amides is 1. The van der Waals surface area contributed by atoms with Gasteiger partial charge in [0.25, 0.3) is 0 Å². The van der Waals surface area contributed by atoms with Gasteiger partial charge in [-0.1, -0.05) is 30.3 Å². The van der Waals surface area contributed by atoms with Gasteiger partial charge in [0, 0.05) is 25.4 Å². The molecule has 1 aliphatic rings. The highest BCUT2D eigenvalue weighted by Gasteiger charge is 2.21. The molecule has 0 aromatic heterocycles. The minimum atomic E-state index is 0.310. The van der Waals surface area contributed by atoms with Gasteiger partial charge in [-0.2, -0.15) is 0 Å². The molecule has 1 aromatic carbocycles. The third-order valence-electron chi connectivity index (χ3n) is 4.18. The number of nitrogens with zero attached hydrogens (tertiary/aromatic N) is 1. The smallest absolute Gasteiger partial charge is 0.222 e. The van der Waals surface area contributed by atoms with Crippen LogP contribution in [0, 0.1) is 5.92 Å². The minimum Gasteiger partial charge on any atom is -0.343 e. The number of hydrogen-bond donors (Lipinski definition) is 0. The van der Waals surface area contributed by atoms with Crippen molar-refractivity contribution in [3.63, 3.8) is 0 Å². The largest absolute Gasteiger partial charge is 0.343 e. The maximum Gasteiger partial charge on any atom is 0.222 e. The van der Waals surface area contributed by atoms with Gasteiger partial charge in [0.05, 0.1) is 0 Å². The number of carbonyl (C=O) groups is 1. The lowest BCUT2D eigenvalue weighted by molar-refractivity contribution is -0.132. The highest BCUT2D eigenvalue weighted by atomic mass is 35.5. The fourth-order valence-electron chi connectivity index (χ4n) is 2.89. The van der Waals surface area contributed by atoms with Crippen molar-refractivity contribution in [1.82, 2.24) is 4.90 Å². The van der Waals surface area contributed by atoms with Crippen molar-refractivity contribution < 1.29 is 4.79 Å². The van der Waals surface area contributed by atoms with E-state index in [1.807, 2.05) is 23.1 Å². The number of hydrogen-bond acceptors (Lipinski definition) is 1. The molecule has 1 fully saturated rings. The SMILES string of the molecule is O=C(CCc1ccccc1)N1CCC(CCCCl)CC1. The van der Waals surface area contributed by atoms with Gasteiger partial charge in [0.1, 0.15) is 0 Å². The molecule has 1 heterocycles. The molecule has 0 radical (unpaired) electrons. The molecule has 20 heavy (non-hydrogen) atoms. The number of carbonyl (C=O) groups excluding carboxylic acids is 1. The van der Waals surface area contributed by atoms with Crippen molar-refractivity contribution in [3.8, 4) is 0 Å². The first kappa shape index (κ1) is 15.4. The van der Waals surface area contributed by atoms with Crippen molar-refractivity contribution in [3.05, 3.63) is 35.9 Å². The Kier molecular flexibility index (Phi) is 6.38. The van der Waals surface area contributed by atoms with Gasteiger partial charge in [-0.15, -0.1) is 11.6 Å². The topological polar surface area (TPSA) is 20.3 Å². The Morgan fingerprint density at radius 3 is 2.55 bits per heavy atom. The molecule has 0 N–H and O–H groups in total. The fraction of sp³-hybridized carbons (Fsp3) is 0.588. The third kappa shape index (κ3) is 4.82. The molecule has 0 saturated carbocycles. The summed E-state index contributed by atoms with van der Waals surface area (Å²) in [4.78, 5) is 14.2. The molecule has 0 unspecified atom stereocenters. The summed E-state index contributed by atoms with van der Waals surface area (Å²) in [6.07, 6.45) is 6.11. The van der Waals surface area contributed by atoms with Crippen LogP contribution in [0.4, 0.5) is 0 Å². The van der Waals surface area contributed by atoms with Crippen molar-refractivity contribution in [2.24, 2.45) is 5.92 Å². The van der Waals surface area contributed by atoms with Crippen molar-refractivity contribution in [2.45, 2.75) is 38.5 Å². The van der Waals surface area contributed by atoms with Crippen molar-refractivity contribution in [2.75, 3.05) is 19.0 Å². The zero-order chi connectivity index (χ0) is 14.2. The third-order valence-corrected chi connectivity index (χ3v) is 4.45. The summed E-state index contributed by atoms with van der Waals surface area (Å²) in [6, 6.07) is 10.2. The highest BCUT2D eigenvalue weighted by molar-refractivity contribution is 6.17. The van der Waals surface area contributed by atoms with E-state index in [0.29, 0.717) is 12.3 Å². The Balaban J connectivity index is 1.69. The zero-order valence-corrected chi connectivity index (χ0v) is 12.8. The van der Waals surface area contributed by atoms with E-state index in [4.69, 9.17) is 11.6 Å². The van der Waals surface area contributed by atoms with Crippen LogP contribution in [0.15, 0.2) is 30.3 Å². The van der Waals surface area contributed by atoms with Gasteiger partial charge in [-0.25, -0.2) is 0 Å². The van der Waals surface area contributed by atoms with Crippen LogP contribution in [0.25, 0.3) is 0 Å². The number of likely N-dealkylation sites (tertiary alicyclic amines) is 1. The second-order valence-electron chi connectivity index (χ2n) is 5.64. The molecule has 1 saturated heterocycles. The summed E-state index contributed by atoms with van der Waals surface area (Å²) in [7, 11) is 0. The summed E-state index contributed by atoms with van der Waals surface area (Å²) in [5.74, 6) is 1.84. The van der Waals surface area contributed by atoms with E-state index in [1.54, 1.807) is 0 Å². The van der Waals surface area contributed by atoms with Gasteiger partial charge in [0.2, 0.25) is 5.91 Å². The van der Waals surface area contributed by atoms with E-state index in [2.05, 4.69) is 12.1 Å². The number of benzene rings is 1. The molecule has 0 spiro atoms. The lowest BCUT2D eigenvalue weighted by Crippen LogP contribution is -2.38. The normalized spacial score (nSPS) is 16.4. The second-order valence-corrected chi connectivity index (χ2v) is 6.02. The van der Waals surface area contributed by atoms with Gasteiger partial charge in [-0.05, 0) is 43.6 Å². The zero-order valence-electron chi connectivity index (χ0n) is 12.1. The first-order valence-electron chi connectivity index (χ1n) is 7.67. The number of aryl methyl sites for hydroxylation is 1. The van der Waals surface area contributed by atoms with Gasteiger partial charge in [0.15, 0.2) is 0 Å². The molecule has 0 atom stereocenters. The average molecular weight is 294 g/mol. The van der Waals surface area contributed by atoms with E-state index in [0.717, 1.165) is 50.6 Å². The van der Waals surface area contributed by atoms with Crippen LogP contribution in [-0.4, -0.2) is 29.8 Å². The molecule has 1 amide bonds. The maximum atomic E-state index is 12.2. The van der Waals surface area contributed by atoms with Crippen molar-refractivity contribution in [1.29, 1.82) is 0 Å². The van der Waals surface area contributed by atoms with Crippen LogP contribution < -0.4 is 0 Å². The van der Waals surface area contributed by atoms with Crippen LogP contribution in [0.2, 0.25) is 0 Å². The highest BCUT2D eigenvalue weighted by Crippen LogP contribution is 2.22. The summed E-state index contributed by atoms with van der Waals surface area (Å²) < 4.78 is 0. The summed E-state index contributed by atoms with van der Waals surface area (Å²) in [5.41, 5.74) is 1.25. The lowest BCUT2D eigenvalue weighted by Gasteiger charge is -2.32. The molecule has 1 aromatic rings. The predicted octanol–water partition coefficient (Wildman–Crippen LogP) is 3.88. The average Bonchev–Trinajstić information content (AvgIpc) is 2.52. The number of piperidine rings is 1. The lowest BCUT2D eigenvalue weighted by atomic mass is 9.92. The standard InChI is InChI=1S/C17H24ClNO/c18-12-4-7-16-10-13-19(14-11-16)17(20)9-8-15-5-2-1-3-6-15/h1-3,5-6,16H,4,7-14H2. The second kappa shape index (κ2) is 8.31. The molecule has 0 bridgehead atoms. The van der Waals surface area contributed by atoms with Crippen LogP contribution in [0.3, 0.4) is 0 Å². The van der Waals surface area contributed by atoms with E-state index < -0.39 is 0 Å². The first-order chi connectivity index (χ1) is 9.79. The molecule has 0 aliphatic carbocycles. The molecule has 2 nitrogen and oxygen atoms in total. The molecule has 2 rings (SSSR count). The van der Waals surface area contributed by atoms with E-state index in [1.165, 1.54) is 12.0 Å². The number of halogens is 1. The Labute approximate surface area is 127 Å². The van der Waals surface area contributed by atoms with Gasteiger partial charge >= 0.3 is 0 Å². The Bertz CT molecular complexity index is 399. The minimum absolute atomic E-state index is 0.310. The van der Waals surface area contributed by atoms with E-state index in [9.17, 15) is 4.79 Å². The summed E-state index contributed by atoms with van der Waals surface area (Å²) in [5, 5.41) is 0. The summed E-state index contributed by atoms with van der Waals surface area (Å²) >= 11 is 5.73. The maximum absolute atomic E-state index is 12.2. The molecule has 110 valence electrons. The predicted molar refractivity (Wildman–Crippen MR) is 84.0 cm³/mol. The van der Waals surface area contributed by atoms with E-state index in [-0.39, 0.29) is 0 Å². The van der Waals surface area contributed by atoms with Crippen LogP contribution in [-0.2, 0) is 11.2 Å². The molecule has 3 heteroatoms. The summed E-state index contributed by atoms with van der Waals surface area (Å²) in [6.45, 7) is 1.86.